The van der Waals surface area contributed by atoms with Crippen LogP contribution in [0.4, 0.5) is 26.3 Å². The van der Waals surface area contributed by atoms with Crippen molar-refractivity contribution in [3.8, 4) is 0 Å². The molecule has 0 aromatic rings. The Hall–Kier alpha value is -0.180. The zero-order valence-corrected chi connectivity index (χ0v) is 10.7. The van der Waals surface area contributed by atoms with Gasteiger partial charge in [0.2, 0.25) is 0 Å². The van der Waals surface area contributed by atoms with Crippen molar-refractivity contribution in [2.45, 2.75) is 24.9 Å². The van der Waals surface area contributed by atoms with E-state index >= 15 is 0 Å². The van der Waals surface area contributed by atoms with Crippen LogP contribution in [0.3, 0.4) is 0 Å². The summed E-state index contributed by atoms with van der Waals surface area (Å²) in [6.45, 7) is 3.98. The van der Waals surface area contributed by atoms with Crippen molar-refractivity contribution < 1.29 is 26.3 Å². The third-order valence-electron chi connectivity index (χ3n) is 1.53. The Morgan fingerprint density at radius 3 is 1.53 bits per heavy atom. The van der Waals surface area contributed by atoms with Crippen molar-refractivity contribution in [3.63, 3.8) is 0 Å². The number of hydrogen-bond donors (Lipinski definition) is 0. The maximum atomic E-state index is 12.1. The molecule has 0 atom stereocenters. The third-order valence-corrected chi connectivity index (χ3v) is 3.11. The predicted octanol–water partition coefficient (Wildman–Crippen LogP) is 4.63. The molecule has 0 saturated heterocycles. The highest BCUT2D eigenvalue weighted by Gasteiger charge is 2.37. The molecule has 9 heteroatoms. The Morgan fingerprint density at radius 1 is 0.941 bits per heavy atom. The second-order valence-corrected chi connectivity index (χ2v) is 5.24. The van der Waals surface area contributed by atoms with Gasteiger partial charge in [-0.25, -0.2) is 0 Å². The Balaban J connectivity index is 4.84. The average molecular weight is 299 g/mol. The van der Waals surface area contributed by atoms with Crippen LogP contribution in [0.15, 0.2) is 10.4 Å². The first-order chi connectivity index (χ1) is 7.57. The molecule has 0 N–H and O–H groups in total. The molecule has 102 valence electrons. The first-order valence-electron chi connectivity index (χ1n) is 4.54. The van der Waals surface area contributed by atoms with Crippen LogP contribution in [0.1, 0.15) is 13.8 Å². The third kappa shape index (κ3) is 9.51. The van der Waals surface area contributed by atoms with Gasteiger partial charge in [-0.05, 0) is 37.4 Å². The molecule has 1 nitrogen and oxygen atoms in total. The van der Waals surface area contributed by atoms with E-state index in [9.17, 15) is 26.3 Å². The average Bonchev–Trinajstić information content (AvgIpc) is 2.08. The summed E-state index contributed by atoms with van der Waals surface area (Å²) in [5.41, 5.74) is -9.45. The first-order valence-corrected chi connectivity index (χ1v) is 6.18. The smallest absolute Gasteiger partial charge is 0.377 e. The van der Waals surface area contributed by atoms with E-state index in [0.29, 0.717) is 13.1 Å². The van der Waals surface area contributed by atoms with Crippen molar-refractivity contribution in [3.05, 3.63) is 10.4 Å². The predicted molar refractivity (Wildman–Crippen MR) is 58.3 cm³/mol. The molecule has 0 radical (unpaired) electrons. The van der Waals surface area contributed by atoms with Crippen molar-refractivity contribution in [1.82, 2.24) is 4.90 Å². The van der Waals surface area contributed by atoms with Gasteiger partial charge in [0.15, 0.2) is 0 Å². The summed E-state index contributed by atoms with van der Waals surface area (Å²) in [4.78, 5) is 1.37. The van der Waals surface area contributed by atoms with E-state index in [1.807, 2.05) is 0 Å². The highest BCUT2D eigenvalue weighted by atomic mass is 32.2. The quantitative estimate of drug-likeness (QED) is 0.681. The number of hydrogen-bond acceptors (Lipinski definition) is 3. The second kappa shape index (κ2) is 6.67. The van der Waals surface area contributed by atoms with Gasteiger partial charge in [0.05, 0.1) is 4.24 Å². The van der Waals surface area contributed by atoms with Gasteiger partial charge in [-0.1, -0.05) is 0 Å². The fourth-order valence-corrected chi connectivity index (χ4v) is 2.45. The molecule has 0 heterocycles. The normalized spacial score (nSPS) is 12.5. The zero-order valence-electron chi connectivity index (χ0n) is 9.02. The summed E-state index contributed by atoms with van der Waals surface area (Å²) in [5.74, 6) is 0. The van der Waals surface area contributed by atoms with E-state index in [1.165, 1.54) is 4.90 Å². The first kappa shape index (κ1) is 16.8. The molecule has 0 aromatic carbocycles. The molecule has 0 aliphatic heterocycles. The van der Waals surface area contributed by atoms with Gasteiger partial charge in [0.25, 0.3) is 0 Å². The molecule has 0 rings (SSSR count). The summed E-state index contributed by atoms with van der Waals surface area (Å²) in [7, 11) is 0. The number of thioether (sulfide) groups is 2. The lowest BCUT2D eigenvalue weighted by Gasteiger charge is -2.18. The Kier molecular flexibility index (Phi) is 6.60. The van der Waals surface area contributed by atoms with Crippen molar-refractivity contribution in [2.75, 3.05) is 13.1 Å². The standard InChI is InChI=1S/C8H11F6NS2/c1-3-15(4-2)5-6(16-7(9,10)11)17-8(12,13)14/h5H,3-4H2,1-2H3. The van der Waals surface area contributed by atoms with Gasteiger partial charge in [-0.2, -0.15) is 26.3 Å². The van der Waals surface area contributed by atoms with E-state index < -0.39 is 38.8 Å². The van der Waals surface area contributed by atoms with E-state index in [2.05, 4.69) is 0 Å². The molecule has 0 aromatic heterocycles. The molecule has 0 spiro atoms. The monoisotopic (exact) mass is 299 g/mol. The summed E-state index contributed by atoms with van der Waals surface area (Å²) in [6, 6.07) is 0. The fraction of sp³-hybridized carbons (Fsp3) is 0.750. The van der Waals surface area contributed by atoms with Crippen molar-refractivity contribution in [2.24, 2.45) is 0 Å². The van der Waals surface area contributed by atoms with Crippen LogP contribution in [0, 0.1) is 0 Å². The minimum atomic E-state index is -4.72. The topological polar surface area (TPSA) is 3.24 Å². The largest absolute Gasteiger partial charge is 0.446 e. The maximum Gasteiger partial charge on any atom is 0.446 e. The minimum absolute atomic E-state index is 0.344. The fourth-order valence-electron chi connectivity index (χ4n) is 0.857. The Bertz CT molecular complexity index is 238. The lowest BCUT2D eigenvalue weighted by atomic mass is 10.5. The molecule has 0 bridgehead atoms. The zero-order chi connectivity index (χ0) is 13.7. The molecular formula is C8H11F6NS2. The lowest BCUT2D eigenvalue weighted by Crippen LogP contribution is -2.17. The van der Waals surface area contributed by atoms with Crippen molar-refractivity contribution >= 4 is 23.5 Å². The van der Waals surface area contributed by atoms with Gasteiger partial charge < -0.3 is 4.90 Å². The van der Waals surface area contributed by atoms with E-state index in [-0.39, 0.29) is 0 Å². The second-order valence-electron chi connectivity index (χ2n) is 2.76. The van der Waals surface area contributed by atoms with Crippen LogP contribution in [0.2, 0.25) is 0 Å². The highest BCUT2D eigenvalue weighted by Crippen LogP contribution is 2.47. The number of rotatable bonds is 5. The molecule has 0 amide bonds. The summed E-state index contributed by atoms with van der Waals surface area (Å²) in [5, 5.41) is 0. The summed E-state index contributed by atoms with van der Waals surface area (Å²) < 4.78 is 71.5. The van der Waals surface area contributed by atoms with Gasteiger partial charge in [-0.3, -0.25) is 0 Å². The molecule has 0 aliphatic carbocycles. The van der Waals surface area contributed by atoms with E-state index in [4.69, 9.17) is 0 Å². The Labute approximate surface area is 104 Å². The van der Waals surface area contributed by atoms with Gasteiger partial charge >= 0.3 is 11.0 Å². The van der Waals surface area contributed by atoms with Crippen LogP contribution >= 0.6 is 23.5 Å². The lowest BCUT2D eigenvalue weighted by molar-refractivity contribution is -0.0328. The van der Waals surface area contributed by atoms with Crippen LogP contribution in [0.5, 0.6) is 0 Å². The molecule has 0 saturated carbocycles. The number of alkyl halides is 6. The SMILES string of the molecule is CCN(C=C(SC(F)(F)F)SC(F)(F)F)CC. The minimum Gasteiger partial charge on any atom is -0.377 e. The Morgan fingerprint density at radius 2 is 1.29 bits per heavy atom. The molecular weight excluding hydrogens is 288 g/mol. The maximum absolute atomic E-state index is 12.1. The molecule has 0 unspecified atom stereocenters. The van der Waals surface area contributed by atoms with Crippen LogP contribution in [-0.4, -0.2) is 29.0 Å². The van der Waals surface area contributed by atoms with Crippen LogP contribution in [0.25, 0.3) is 0 Å². The summed E-state index contributed by atoms with van der Waals surface area (Å²) >= 11 is -1.50. The molecule has 0 fully saturated rings. The number of halogens is 6. The highest BCUT2D eigenvalue weighted by molar-refractivity contribution is 8.23. The summed E-state index contributed by atoms with van der Waals surface area (Å²) in [6.07, 6.45) is 0.885. The van der Waals surface area contributed by atoms with Gasteiger partial charge in [0, 0.05) is 19.3 Å². The van der Waals surface area contributed by atoms with E-state index in [1.54, 1.807) is 13.8 Å². The van der Waals surface area contributed by atoms with Gasteiger partial charge in [-0.15, -0.1) is 0 Å². The van der Waals surface area contributed by atoms with Crippen LogP contribution < -0.4 is 0 Å². The molecule has 17 heavy (non-hydrogen) atoms. The number of nitrogens with zero attached hydrogens (tertiary/aromatic N) is 1. The molecule has 0 aliphatic rings. The van der Waals surface area contributed by atoms with Crippen molar-refractivity contribution in [1.29, 1.82) is 0 Å². The van der Waals surface area contributed by atoms with Crippen LogP contribution in [-0.2, 0) is 0 Å². The van der Waals surface area contributed by atoms with Gasteiger partial charge in [0.1, 0.15) is 0 Å². The van der Waals surface area contributed by atoms with E-state index in [0.717, 1.165) is 6.20 Å².